The van der Waals surface area contributed by atoms with Crippen molar-refractivity contribution in [2.45, 2.75) is 44.0 Å². The minimum atomic E-state index is -3.81. The van der Waals surface area contributed by atoms with Gasteiger partial charge in [0, 0.05) is 19.0 Å². The molecule has 1 saturated heterocycles. The number of rotatable bonds is 2. The molecule has 1 heterocycles. The summed E-state index contributed by atoms with van der Waals surface area (Å²) in [5.74, 6) is -0.628. The molecule has 8 heteroatoms. The highest BCUT2D eigenvalue weighted by molar-refractivity contribution is 7.89. The number of carbonyl (C=O) groups is 1. The molecule has 1 fully saturated rings. The van der Waals surface area contributed by atoms with Gasteiger partial charge < -0.3 is 9.64 Å². The Morgan fingerprint density at radius 1 is 1.25 bits per heavy atom. The number of amides is 1. The Balaban J connectivity index is 2.26. The van der Waals surface area contributed by atoms with Gasteiger partial charge in [-0.2, -0.15) is 0 Å². The van der Waals surface area contributed by atoms with Gasteiger partial charge in [-0.05, 0) is 44.9 Å². The van der Waals surface area contributed by atoms with Crippen molar-refractivity contribution in [2.24, 2.45) is 5.14 Å². The Labute approximate surface area is 141 Å². The first-order chi connectivity index (χ1) is 11.0. The van der Waals surface area contributed by atoms with Crippen molar-refractivity contribution in [1.29, 1.82) is 0 Å². The van der Waals surface area contributed by atoms with E-state index in [1.54, 1.807) is 32.9 Å². The molecule has 0 aromatic heterocycles. The van der Waals surface area contributed by atoms with Crippen molar-refractivity contribution in [1.82, 2.24) is 4.90 Å². The zero-order valence-electron chi connectivity index (χ0n) is 14.0. The third-order valence-electron chi connectivity index (χ3n) is 3.87. The van der Waals surface area contributed by atoms with Crippen LogP contribution in [-0.4, -0.2) is 43.4 Å². The Bertz CT molecular complexity index is 698. The fraction of sp³-hybridized carbons (Fsp3) is 0.562. The number of hydrogen-bond donors (Lipinski definition) is 1. The summed E-state index contributed by atoms with van der Waals surface area (Å²) in [7, 11) is -3.81. The smallest absolute Gasteiger partial charge is 0.410 e. The second kappa shape index (κ2) is 6.68. The summed E-state index contributed by atoms with van der Waals surface area (Å²) in [5, 5.41) is 4.42. The summed E-state index contributed by atoms with van der Waals surface area (Å²) >= 11 is 0. The van der Waals surface area contributed by atoms with Crippen LogP contribution in [0.5, 0.6) is 0 Å². The third kappa shape index (κ3) is 4.91. The van der Waals surface area contributed by atoms with E-state index in [-0.39, 0.29) is 24.7 Å². The predicted molar refractivity (Wildman–Crippen MR) is 88.5 cm³/mol. The number of primary sulfonamides is 1. The molecule has 0 radical (unpaired) electrons. The lowest BCUT2D eigenvalue weighted by molar-refractivity contribution is 0.0201. The largest absolute Gasteiger partial charge is 0.444 e. The number of nitrogens with zero attached hydrogens (tertiary/aromatic N) is 1. The number of carbonyl (C=O) groups excluding carboxylic acids is 1. The number of benzene rings is 1. The summed E-state index contributed by atoms with van der Waals surface area (Å²) < 4.78 is 42.1. The molecule has 0 bridgehead atoms. The standard InChI is InChI=1S/C16H23FN2O4S/c1-16(2,3)23-15(20)19-9-12(8-14(10-19)24(18,21)22)11-4-6-13(17)7-5-11/h4-7,12,14H,8-10H2,1-3H3,(H2,18,21,22)/t12-,14+/m1/s1. The van der Waals surface area contributed by atoms with Crippen LogP contribution in [-0.2, 0) is 14.8 Å². The molecule has 0 aliphatic carbocycles. The third-order valence-corrected chi connectivity index (χ3v) is 5.14. The number of ether oxygens (including phenoxy) is 1. The van der Waals surface area contributed by atoms with Crippen LogP contribution < -0.4 is 5.14 Å². The normalized spacial score (nSPS) is 22.3. The summed E-state index contributed by atoms with van der Waals surface area (Å²) in [6.45, 7) is 5.51. The lowest BCUT2D eigenvalue weighted by Gasteiger charge is -2.37. The van der Waals surface area contributed by atoms with E-state index in [0.717, 1.165) is 5.56 Å². The first-order valence-electron chi connectivity index (χ1n) is 7.71. The van der Waals surface area contributed by atoms with Crippen LogP contribution in [0.4, 0.5) is 9.18 Å². The topological polar surface area (TPSA) is 89.7 Å². The van der Waals surface area contributed by atoms with Crippen LogP contribution >= 0.6 is 0 Å². The van der Waals surface area contributed by atoms with Gasteiger partial charge in [-0.15, -0.1) is 0 Å². The highest BCUT2D eigenvalue weighted by Gasteiger charge is 2.37. The van der Waals surface area contributed by atoms with Gasteiger partial charge in [0.25, 0.3) is 0 Å². The van der Waals surface area contributed by atoms with Crippen molar-refractivity contribution < 1.29 is 22.3 Å². The van der Waals surface area contributed by atoms with E-state index < -0.39 is 27.0 Å². The van der Waals surface area contributed by atoms with Crippen LogP contribution in [0, 0.1) is 5.82 Å². The summed E-state index contributed by atoms with van der Waals surface area (Å²) in [6, 6.07) is 5.82. The first-order valence-corrected chi connectivity index (χ1v) is 9.31. The summed E-state index contributed by atoms with van der Waals surface area (Å²) in [5.41, 5.74) is 0.0788. The molecular formula is C16H23FN2O4S. The first kappa shape index (κ1) is 18.7. The highest BCUT2D eigenvalue weighted by Crippen LogP contribution is 2.30. The van der Waals surface area contributed by atoms with Gasteiger partial charge >= 0.3 is 6.09 Å². The molecule has 24 heavy (non-hydrogen) atoms. The van der Waals surface area contributed by atoms with Crippen molar-refractivity contribution in [3.05, 3.63) is 35.6 Å². The minimum absolute atomic E-state index is 0.00849. The Hall–Kier alpha value is -1.67. The van der Waals surface area contributed by atoms with Gasteiger partial charge in [-0.25, -0.2) is 22.7 Å². The van der Waals surface area contributed by atoms with Crippen molar-refractivity contribution in [2.75, 3.05) is 13.1 Å². The summed E-state index contributed by atoms with van der Waals surface area (Å²) in [4.78, 5) is 13.7. The zero-order valence-corrected chi connectivity index (χ0v) is 14.8. The van der Waals surface area contributed by atoms with E-state index in [0.29, 0.717) is 6.54 Å². The number of likely N-dealkylation sites (tertiary alicyclic amines) is 1. The Kier molecular flexibility index (Phi) is 5.19. The average Bonchev–Trinajstić information content (AvgIpc) is 2.45. The van der Waals surface area contributed by atoms with Crippen LogP contribution in [0.25, 0.3) is 0 Å². The van der Waals surface area contributed by atoms with Crippen molar-refractivity contribution in [3.8, 4) is 0 Å². The van der Waals surface area contributed by atoms with Crippen LogP contribution in [0.1, 0.15) is 38.7 Å². The van der Waals surface area contributed by atoms with Crippen molar-refractivity contribution >= 4 is 16.1 Å². The Morgan fingerprint density at radius 2 is 1.83 bits per heavy atom. The van der Waals surface area contributed by atoms with Gasteiger partial charge in [0.2, 0.25) is 10.0 Å². The van der Waals surface area contributed by atoms with E-state index in [1.807, 2.05) is 0 Å². The molecule has 1 amide bonds. The minimum Gasteiger partial charge on any atom is -0.444 e. The molecule has 2 N–H and O–H groups in total. The molecule has 0 spiro atoms. The monoisotopic (exact) mass is 358 g/mol. The molecule has 134 valence electrons. The quantitative estimate of drug-likeness (QED) is 0.878. The molecule has 2 rings (SSSR count). The van der Waals surface area contributed by atoms with E-state index in [9.17, 15) is 17.6 Å². The molecule has 1 aromatic carbocycles. The maximum Gasteiger partial charge on any atom is 0.410 e. The molecular weight excluding hydrogens is 335 g/mol. The second-order valence-corrected chi connectivity index (χ2v) is 8.93. The highest BCUT2D eigenvalue weighted by atomic mass is 32.2. The Morgan fingerprint density at radius 3 is 2.33 bits per heavy atom. The van der Waals surface area contributed by atoms with E-state index in [2.05, 4.69) is 0 Å². The molecule has 2 atom stereocenters. The van der Waals surface area contributed by atoms with Gasteiger partial charge in [-0.3, -0.25) is 0 Å². The molecule has 0 unspecified atom stereocenters. The zero-order chi connectivity index (χ0) is 18.1. The molecule has 1 aliphatic heterocycles. The molecule has 1 aliphatic rings. The number of piperidine rings is 1. The molecule has 6 nitrogen and oxygen atoms in total. The maximum absolute atomic E-state index is 13.1. The lowest BCUT2D eigenvalue weighted by atomic mass is 9.90. The average molecular weight is 358 g/mol. The van der Waals surface area contributed by atoms with E-state index >= 15 is 0 Å². The van der Waals surface area contributed by atoms with Crippen LogP contribution in [0.3, 0.4) is 0 Å². The maximum atomic E-state index is 13.1. The molecule has 0 saturated carbocycles. The van der Waals surface area contributed by atoms with Gasteiger partial charge in [0.05, 0.1) is 5.25 Å². The lowest BCUT2D eigenvalue weighted by Crippen LogP contribution is -2.50. The second-order valence-electron chi connectivity index (χ2n) is 7.08. The number of hydrogen-bond acceptors (Lipinski definition) is 4. The van der Waals surface area contributed by atoms with E-state index in [4.69, 9.17) is 9.88 Å². The fourth-order valence-corrected chi connectivity index (χ4v) is 3.63. The number of sulfonamides is 1. The van der Waals surface area contributed by atoms with Gasteiger partial charge in [0.15, 0.2) is 0 Å². The predicted octanol–water partition coefficient (Wildman–Crippen LogP) is 2.21. The SMILES string of the molecule is CC(C)(C)OC(=O)N1C[C@H](c2ccc(F)cc2)C[C@H](S(N)(=O)=O)C1. The number of nitrogens with two attached hydrogens (primary N) is 1. The van der Waals surface area contributed by atoms with Crippen molar-refractivity contribution in [3.63, 3.8) is 0 Å². The molecule has 1 aromatic rings. The fourth-order valence-electron chi connectivity index (χ4n) is 2.74. The summed E-state index contributed by atoms with van der Waals surface area (Å²) in [6.07, 6.45) is -0.299. The number of halogens is 1. The van der Waals surface area contributed by atoms with Gasteiger partial charge in [0.1, 0.15) is 11.4 Å². The van der Waals surface area contributed by atoms with Gasteiger partial charge in [-0.1, -0.05) is 12.1 Å². The van der Waals surface area contributed by atoms with Crippen LogP contribution in [0.15, 0.2) is 24.3 Å². The van der Waals surface area contributed by atoms with E-state index in [1.165, 1.54) is 17.0 Å². The van der Waals surface area contributed by atoms with Crippen LogP contribution in [0.2, 0.25) is 0 Å².